The number of hydrogen-bond donors (Lipinski definition) is 2. The maximum atomic E-state index is 8.26. The molecule has 5 heteroatoms. The molecule has 4 nitrogen and oxygen atoms in total. The van der Waals surface area contributed by atoms with Crippen LogP contribution < -0.4 is 0 Å². The first kappa shape index (κ1) is 8.13. The zero-order valence-electron chi connectivity index (χ0n) is 4.08. The van der Waals surface area contributed by atoms with E-state index < -0.39 is 6.10 Å². The molecule has 2 N–H and O–H groups in total. The zero-order chi connectivity index (χ0) is 6.41. The number of hydrogen-bond acceptors (Lipinski definition) is 4. The van der Waals surface area contributed by atoms with Gasteiger partial charge in [-0.15, -0.1) is 0 Å². The number of rotatable bonds is 4. The van der Waals surface area contributed by atoms with Crippen molar-refractivity contribution in [2.45, 2.75) is 6.10 Å². The topological polar surface area (TPSA) is 58.9 Å². The quantitative estimate of drug-likeness (QED) is 0.429. The van der Waals surface area contributed by atoms with Crippen molar-refractivity contribution >= 4 is 11.9 Å². The number of halogens is 1. The second-order valence-electron chi connectivity index (χ2n) is 1.19. The van der Waals surface area contributed by atoms with Crippen molar-refractivity contribution in [1.29, 1.82) is 0 Å². The van der Waals surface area contributed by atoms with Gasteiger partial charge in [-0.05, 0) is 0 Å². The van der Waals surface area contributed by atoms with Crippen LogP contribution in [-0.4, -0.2) is 29.7 Å². The third kappa shape index (κ3) is 3.17. The summed E-state index contributed by atoms with van der Waals surface area (Å²) in [6.45, 7) is -0.399. The lowest BCUT2D eigenvalue weighted by Gasteiger charge is -2.04. The van der Waals surface area contributed by atoms with Crippen molar-refractivity contribution in [2.75, 3.05) is 13.2 Å². The van der Waals surface area contributed by atoms with Gasteiger partial charge in [-0.2, -0.15) is 0 Å². The molecule has 0 aliphatic carbocycles. The van der Waals surface area contributed by atoms with Crippen LogP contribution in [-0.2, 0) is 9.18 Å². The SMILES string of the molecule is OCC(COO)OCl. The highest BCUT2D eigenvalue weighted by Gasteiger charge is 2.05. The van der Waals surface area contributed by atoms with Gasteiger partial charge in [-0.25, -0.2) is 4.89 Å². The monoisotopic (exact) mass is 142 g/mol. The molecule has 0 aromatic carbocycles. The molecule has 1 unspecified atom stereocenters. The van der Waals surface area contributed by atoms with Gasteiger partial charge in [0, 0.05) is 0 Å². The summed E-state index contributed by atoms with van der Waals surface area (Å²) in [6, 6.07) is 0. The lowest BCUT2D eigenvalue weighted by atomic mass is 10.4. The molecule has 0 aliphatic rings. The molecule has 0 radical (unpaired) electrons. The molecule has 0 rings (SSSR count). The standard InChI is InChI=1S/C3H7ClO4/c4-8-3(1-5)2-7-6/h3,5-6H,1-2H2. The lowest BCUT2D eigenvalue weighted by molar-refractivity contribution is -0.256. The van der Waals surface area contributed by atoms with Gasteiger partial charge in [0.25, 0.3) is 0 Å². The van der Waals surface area contributed by atoms with Crippen LogP contribution in [0.1, 0.15) is 0 Å². The Morgan fingerprint density at radius 3 is 2.38 bits per heavy atom. The minimum absolute atomic E-state index is 0.125. The maximum Gasteiger partial charge on any atom is 0.128 e. The Morgan fingerprint density at radius 1 is 1.62 bits per heavy atom. The van der Waals surface area contributed by atoms with Crippen LogP contribution in [0.4, 0.5) is 0 Å². The van der Waals surface area contributed by atoms with Crippen molar-refractivity contribution in [1.82, 2.24) is 0 Å². The van der Waals surface area contributed by atoms with Crippen molar-refractivity contribution in [3.05, 3.63) is 0 Å². The van der Waals surface area contributed by atoms with Crippen molar-refractivity contribution < 1.29 is 19.5 Å². The lowest BCUT2D eigenvalue weighted by Crippen LogP contribution is -2.19. The van der Waals surface area contributed by atoms with E-state index in [2.05, 4.69) is 9.18 Å². The highest BCUT2D eigenvalue weighted by Crippen LogP contribution is 1.92. The third-order valence-corrected chi connectivity index (χ3v) is 0.842. The average Bonchev–Trinajstić information content (AvgIpc) is 1.83. The van der Waals surface area contributed by atoms with Gasteiger partial charge >= 0.3 is 0 Å². The first-order valence-corrected chi connectivity index (χ1v) is 2.30. The minimum Gasteiger partial charge on any atom is -0.394 e. The fraction of sp³-hybridized carbons (Fsp3) is 1.00. The molecular weight excluding hydrogens is 135 g/mol. The Balaban J connectivity index is 3.07. The van der Waals surface area contributed by atoms with Crippen molar-refractivity contribution in [3.8, 4) is 0 Å². The van der Waals surface area contributed by atoms with Crippen LogP contribution in [0.25, 0.3) is 0 Å². The molecule has 0 bridgehead atoms. The molecule has 0 aliphatic heterocycles. The Morgan fingerprint density at radius 2 is 2.25 bits per heavy atom. The van der Waals surface area contributed by atoms with E-state index in [9.17, 15) is 0 Å². The summed E-state index contributed by atoms with van der Waals surface area (Å²) in [4.78, 5) is 3.62. The molecule has 0 heterocycles. The summed E-state index contributed by atoms with van der Waals surface area (Å²) in [7, 11) is 0. The molecule has 0 fully saturated rings. The normalized spacial score (nSPS) is 13.9. The highest BCUT2D eigenvalue weighted by atomic mass is 35.5. The Bertz CT molecular complexity index is 46.5. The van der Waals surface area contributed by atoms with Crippen LogP contribution >= 0.6 is 11.9 Å². The molecule has 0 aromatic rings. The fourth-order valence-electron chi connectivity index (χ4n) is 0.190. The van der Waals surface area contributed by atoms with Gasteiger partial charge in [0.1, 0.15) is 12.7 Å². The number of aliphatic hydroxyl groups excluding tert-OH is 1. The molecule has 8 heavy (non-hydrogen) atoms. The highest BCUT2D eigenvalue weighted by molar-refractivity contribution is 6.07. The van der Waals surface area contributed by atoms with Crippen LogP contribution in [0.2, 0.25) is 0 Å². The first-order chi connectivity index (χ1) is 3.85. The Kier molecular flexibility index (Phi) is 5.36. The fourth-order valence-corrected chi connectivity index (χ4v) is 0.298. The van der Waals surface area contributed by atoms with E-state index in [1.54, 1.807) is 0 Å². The summed E-state index contributed by atoms with van der Waals surface area (Å²) in [6.07, 6.45) is -0.651. The van der Waals surface area contributed by atoms with Crippen molar-refractivity contribution in [3.63, 3.8) is 0 Å². The molecule has 50 valence electrons. The van der Waals surface area contributed by atoms with E-state index in [0.717, 1.165) is 0 Å². The number of aliphatic hydroxyl groups is 1. The Labute approximate surface area is 51.7 Å². The second-order valence-corrected chi connectivity index (χ2v) is 1.37. The summed E-state index contributed by atoms with van der Waals surface area (Å²) in [5.41, 5.74) is 0. The summed E-state index contributed by atoms with van der Waals surface area (Å²) in [5.74, 6) is 0. The molecule has 0 amide bonds. The van der Waals surface area contributed by atoms with E-state index in [4.69, 9.17) is 22.2 Å². The van der Waals surface area contributed by atoms with E-state index >= 15 is 0 Å². The third-order valence-electron chi connectivity index (χ3n) is 0.590. The first-order valence-electron chi connectivity index (χ1n) is 1.99. The van der Waals surface area contributed by atoms with Gasteiger partial charge in [0.2, 0.25) is 0 Å². The molecular formula is C3H7ClO4. The molecule has 0 aromatic heterocycles. The predicted molar refractivity (Wildman–Crippen MR) is 26.4 cm³/mol. The zero-order valence-corrected chi connectivity index (χ0v) is 4.84. The van der Waals surface area contributed by atoms with Gasteiger partial charge < -0.3 is 5.11 Å². The van der Waals surface area contributed by atoms with Gasteiger partial charge in [-0.1, -0.05) is 0 Å². The van der Waals surface area contributed by atoms with E-state index in [-0.39, 0.29) is 13.2 Å². The second kappa shape index (κ2) is 5.27. The van der Waals surface area contributed by atoms with E-state index in [0.29, 0.717) is 0 Å². The minimum atomic E-state index is -0.651. The molecule has 0 spiro atoms. The molecule has 0 saturated carbocycles. The van der Waals surface area contributed by atoms with E-state index in [1.807, 2.05) is 0 Å². The van der Waals surface area contributed by atoms with Crippen LogP contribution in [0.15, 0.2) is 0 Å². The maximum absolute atomic E-state index is 8.26. The smallest absolute Gasteiger partial charge is 0.128 e. The van der Waals surface area contributed by atoms with Gasteiger partial charge in [-0.3, -0.25) is 9.55 Å². The van der Waals surface area contributed by atoms with Gasteiger partial charge in [0.05, 0.1) is 18.5 Å². The van der Waals surface area contributed by atoms with Crippen LogP contribution in [0.3, 0.4) is 0 Å². The van der Waals surface area contributed by atoms with E-state index in [1.165, 1.54) is 0 Å². The largest absolute Gasteiger partial charge is 0.394 e. The van der Waals surface area contributed by atoms with Crippen LogP contribution in [0, 0.1) is 0 Å². The summed E-state index contributed by atoms with van der Waals surface area (Å²) >= 11 is 4.80. The summed E-state index contributed by atoms with van der Waals surface area (Å²) in [5, 5.41) is 16.0. The van der Waals surface area contributed by atoms with Crippen molar-refractivity contribution in [2.24, 2.45) is 0 Å². The molecule has 0 saturated heterocycles. The van der Waals surface area contributed by atoms with Gasteiger partial charge in [0.15, 0.2) is 0 Å². The predicted octanol–water partition coefficient (Wildman–Crippen LogP) is 0.00730. The van der Waals surface area contributed by atoms with Crippen LogP contribution in [0.5, 0.6) is 0 Å². The Hall–Kier alpha value is 0.130. The molecule has 1 atom stereocenters. The average molecular weight is 143 g/mol. The summed E-state index contributed by atoms with van der Waals surface area (Å²) < 4.78 is 4.08.